The Hall–Kier alpha value is -1.60. The minimum atomic E-state index is -3.67. The number of benzene rings is 1. The Morgan fingerprint density at radius 1 is 1.29 bits per heavy atom. The van der Waals surface area contributed by atoms with Gasteiger partial charge < -0.3 is 11.5 Å². The molecule has 0 saturated carbocycles. The van der Waals surface area contributed by atoms with Gasteiger partial charge in [0.15, 0.2) is 5.96 Å². The third-order valence-corrected chi connectivity index (χ3v) is 1.61. The largest absolute Gasteiger partial charge is 0.370 e. The number of hydrogen-bond donors (Lipinski definition) is 3. The van der Waals surface area contributed by atoms with E-state index in [1.807, 2.05) is 32.0 Å². The van der Waals surface area contributed by atoms with Gasteiger partial charge >= 0.3 is 0 Å². The molecular formula is C10H17N3O3S. The van der Waals surface area contributed by atoms with Crippen LogP contribution in [0, 0.1) is 13.8 Å². The number of guanidine groups is 1. The molecule has 0 unspecified atom stereocenters. The molecule has 6 nitrogen and oxygen atoms in total. The van der Waals surface area contributed by atoms with Crippen LogP contribution in [0.25, 0.3) is 0 Å². The summed E-state index contributed by atoms with van der Waals surface area (Å²) in [7, 11) is -3.67. The maximum Gasteiger partial charge on any atom is 0.261 e. The lowest BCUT2D eigenvalue weighted by molar-refractivity contribution is 0.490. The monoisotopic (exact) mass is 259 g/mol. The van der Waals surface area contributed by atoms with Gasteiger partial charge in [0.25, 0.3) is 10.1 Å². The number of aliphatic imine (C=N–C) groups is 1. The summed E-state index contributed by atoms with van der Waals surface area (Å²) in [4.78, 5) is 3.99. The minimum absolute atomic E-state index is 0.101. The maximum absolute atomic E-state index is 9.19. The first kappa shape index (κ1) is 15.4. The lowest BCUT2D eigenvalue weighted by Crippen LogP contribution is -2.22. The third-order valence-electron chi connectivity index (χ3n) is 1.61. The highest BCUT2D eigenvalue weighted by Crippen LogP contribution is 2.18. The first-order valence-corrected chi connectivity index (χ1v) is 6.54. The molecule has 0 spiro atoms. The molecule has 17 heavy (non-hydrogen) atoms. The Kier molecular flexibility index (Phi) is 5.63. The van der Waals surface area contributed by atoms with E-state index in [1.54, 1.807) is 0 Å². The van der Waals surface area contributed by atoms with Gasteiger partial charge in [0, 0.05) is 0 Å². The van der Waals surface area contributed by atoms with E-state index in [0.717, 1.165) is 16.8 Å². The van der Waals surface area contributed by atoms with Gasteiger partial charge in [-0.3, -0.25) is 4.55 Å². The van der Waals surface area contributed by atoms with E-state index in [2.05, 4.69) is 4.99 Å². The van der Waals surface area contributed by atoms with Crippen LogP contribution in [0.1, 0.15) is 11.1 Å². The molecule has 0 fully saturated rings. The molecule has 96 valence electrons. The fourth-order valence-corrected chi connectivity index (χ4v) is 0.979. The average molecular weight is 259 g/mol. The molecule has 0 aliphatic heterocycles. The summed E-state index contributed by atoms with van der Waals surface area (Å²) in [6.07, 6.45) is 0.715. The van der Waals surface area contributed by atoms with Crippen molar-refractivity contribution in [1.29, 1.82) is 0 Å². The summed E-state index contributed by atoms with van der Waals surface area (Å²) < 4.78 is 25.9. The van der Waals surface area contributed by atoms with Crippen LogP contribution < -0.4 is 11.5 Å². The Balaban J connectivity index is 0.000000437. The lowest BCUT2D eigenvalue weighted by atomic mass is 10.1. The Bertz CT molecular complexity index is 498. The SMILES string of the molecule is CS(=O)(=O)O.Cc1ccc(C)c(N=C(N)N)c1. The van der Waals surface area contributed by atoms with E-state index in [9.17, 15) is 8.42 Å². The fraction of sp³-hybridized carbons (Fsp3) is 0.300. The van der Waals surface area contributed by atoms with Crippen molar-refractivity contribution >= 4 is 21.8 Å². The molecule has 7 heteroatoms. The number of aryl methyl sites for hydroxylation is 2. The highest BCUT2D eigenvalue weighted by atomic mass is 32.2. The van der Waals surface area contributed by atoms with E-state index in [1.165, 1.54) is 0 Å². The standard InChI is InChI=1S/C9H13N3.CH4O3S/c1-6-3-4-7(2)8(5-6)12-9(10)11;1-5(2,3)4/h3-5H,1-2H3,(H4,10,11,12);1H3,(H,2,3,4). The zero-order valence-corrected chi connectivity index (χ0v) is 10.8. The van der Waals surface area contributed by atoms with Gasteiger partial charge in [0.05, 0.1) is 11.9 Å². The van der Waals surface area contributed by atoms with Crippen LogP contribution in [0.2, 0.25) is 0 Å². The molecule has 5 N–H and O–H groups in total. The summed E-state index contributed by atoms with van der Waals surface area (Å²) in [5.74, 6) is 0.101. The smallest absolute Gasteiger partial charge is 0.261 e. The molecular weight excluding hydrogens is 242 g/mol. The van der Waals surface area contributed by atoms with Crippen molar-refractivity contribution in [2.75, 3.05) is 6.26 Å². The molecule has 1 rings (SSSR count). The average Bonchev–Trinajstić information content (AvgIpc) is 2.07. The van der Waals surface area contributed by atoms with Crippen LogP contribution in [0.5, 0.6) is 0 Å². The normalized spacial score (nSPS) is 10.1. The van der Waals surface area contributed by atoms with Gasteiger partial charge in [0.1, 0.15) is 0 Å². The maximum atomic E-state index is 9.19. The molecule has 1 aromatic carbocycles. The van der Waals surface area contributed by atoms with E-state index in [0.29, 0.717) is 6.26 Å². The molecule has 0 heterocycles. The Labute approximate surface area is 101 Å². The van der Waals surface area contributed by atoms with Gasteiger partial charge in [-0.2, -0.15) is 8.42 Å². The Morgan fingerprint density at radius 2 is 1.76 bits per heavy atom. The van der Waals surface area contributed by atoms with Crippen molar-refractivity contribution in [1.82, 2.24) is 0 Å². The predicted octanol–water partition coefficient (Wildman–Crippen LogP) is 0.712. The molecule has 0 aliphatic carbocycles. The number of nitrogens with zero attached hydrogens (tertiary/aromatic N) is 1. The molecule has 0 radical (unpaired) electrons. The quantitative estimate of drug-likeness (QED) is 0.390. The van der Waals surface area contributed by atoms with Crippen LogP contribution in [0.3, 0.4) is 0 Å². The molecule has 0 bridgehead atoms. The summed E-state index contributed by atoms with van der Waals surface area (Å²) >= 11 is 0. The first-order chi connectivity index (χ1) is 7.59. The van der Waals surface area contributed by atoms with Crippen LogP contribution in [-0.4, -0.2) is 25.2 Å². The molecule has 0 aliphatic rings. The summed E-state index contributed by atoms with van der Waals surface area (Å²) in [5.41, 5.74) is 13.6. The van der Waals surface area contributed by atoms with Gasteiger partial charge in [-0.1, -0.05) is 12.1 Å². The van der Waals surface area contributed by atoms with E-state index in [4.69, 9.17) is 16.0 Å². The third kappa shape index (κ3) is 9.34. The van der Waals surface area contributed by atoms with E-state index >= 15 is 0 Å². The number of hydrogen-bond acceptors (Lipinski definition) is 3. The number of rotatable bonds is 1. The summed E-state index contributed by atoms with van der Waals surface area (Å²) in [6.45, 7) is 3.98. The van der Waals surface area contributed by atoms with Crippen molar-refractivity contribution in [2.45, 2.75) is 13.8 Å². The van der Waals surface area contributed by atoms with Gasteiger partial charge in [-0.15, -0.1) is 0 Å². The summed E-state index contributed by atoms with van der Waals surface area (Å²) in [5, 5.41) is 0. The zero-order valence-electron chi connectivity index (χ0n) is 10.0. The molecule has 0 amide bonds. The highest BCUT2D eigenvalue weighted by Gasteiger charge is 1.95. The van der Waals surface area contributed by atoms with Gasteiger partial charge in [-0.05, 0) is 31.0 Å². The second-order valence-corrected chi connectivity index (χ2v) is 5.03. The molecule has 0 atom stereocenters. The minimum Gasteiger partial charge on any atom is -0.370 e. The van der Waals surface area contributed by atoms with Gasteiger partial charge in [-0.25, -0.2) is 4.99 Å². The molecule has 0 saturated heterocycles. The fourth-order valence-electron chi connectivity index (χ4n) is 0.979. The van der Waals surface area contributed by atoms with Crippen molar-refractivity contribution in [2.24, 2.45) is 16.5 Å². The zero-order chi connectivity index (χ0) is 13.6. The van der Waals surface area contributed by atoms with Gasteiger partial charge in [0.2, 0.25) is 0 Å². The van der Waals surface area contributed by atoms with Crippen molar-refractivity contribution in [3.63, 3.8) is 0 Å². The number of nitrogens with two attached hydrogens (primary N) is 2. The predicted molar refractivity (Wildman–Crippen MR) is 68.9 cm³/mol. The topological polar surface area (TPSA) is 119 Å². The van der Waals surface area contributed by atoms with Crippen molar-refractivity contribution in [3.05, 3.63) is 29.3 Å². The second kappa shape index (κ2) is 6.21. The van der Waals surface area contributed by atoms with E-state index < -0.39 is 10.1 Å². The Morgan fingerprint density at radius 3 is 2.18 bits per heavy atom. The van der Waals surface area contributed by atoms with Crippen LogP contribution >= 0.6 is 0 Å². The van der Waals surface area contributed by atoms with Crippen LogP contribution in [0.4, 0.5) is 5.69 Å². The van der Waals surface area contributed by atoms with Crippen LogP contribution in [0.15, 0.2) is 23.2 Å². The van der Waals surface area contributed by atoms with Crippen LogP contribution in [-0.2, 0) is 10.1 Å². The highest BCUT2D eigenvalue weighted by molar-refractivity contribution is 7.85. The molecule has 1 aromatic rings. The molecule has 0 aromatic heterocycles. The lowest BCUT2D eigenvalue weighted by Gasteiger charge is -2.01. The van der Waals surface area contributed by atoms with Crippen molar-refractivity contribution < 1.29 is 13.0 Å². The first-order valence-electron chi connectivity index (χ1n) is 4.69. The summed E-state index contributed by atoms with van der Waals surface area (Å²) in [6, 6.07) is 5.98. The van der Waals surface area contributed by atoms with E-state index in [-0.39, 0.29) is 5.96 Å². The van der Waals surface area contributed by atoms with Crippen molar-refractivity contribution in [3.8, 4) is 0 Å². The second-order valence-electron chi connectivity index (χ2n) is 3.56.